The van der Waals surface area contributed by atoms with E-state index in [-0.39, 0.29) is 5.75 Å². The van der Waals surface area contributed by atoms with Gasteiger partial charge in [0.2, 0.25) is 0 Å². The van der Waals surface area contributed by atoms with Crippen molar-refractivity contribution in [2.75, 3.05) is 26.9 Å². The molecule has 0 aromatic heterocycles. The molecule has 0 spiro atoms. The van der Waals surface area contributed by atoms with Crippen LogP contribution in [0.25, 0.3) is 0 Å². The molecule has 0 heterocycles. The van der Waals surface area contributed by atoms with Crippen LogP contribution in [-0.2, 0) is 11.3 Å². The second-order valence-electron chi connectivity index (χ2n) is 4.64. The van der Waals surface area contributed by atoms with E-state index >= 15 is 0 Å². The van der Waals surface area contributed by atoms with Gasteiger partial charge < -0.3 is 19.9 Å². The van der Waals surface area contributed by atoms with Crippen LogP contribution in [0.15, 0.2) is 18.2 Å². The number of hydrogen-bond donors (Lipinski definition) is 2. The van der Waals surface area contributed by atoms with Gasteiger partial charge in [-0.15, -0.1) is 0 Å². The van der Waals surface area contributed by atoms with Gasteiger partial charge in [0.25, 0.3) is 0 Å². The molecule has 0 saturated carbocycles. The smallest absolute Gasteiger partial charge is 0.123 e. The summed E-state index contributed by atoms with van der Waals surface area (Å²) in [6.45, 7) is 7.13. The fourth-order valence-corrected chi connectivity index (χ4v) is 1.51. The lowest BCUT2D eigenvalue weighted by Gasteiger charge is -2.09. The fourth-order valence-electron chi connectivity index (χ4n) is 1.51. The SMILES string of the molecule is COc1ccc(CNCCOCC(C)C)c(O)c1. The van der Waals surface area contributed by atoms with Gasteiger partial charge in [-0.25, -0.2) is 0 Å². The normalized spacial score (nSPS) is 10.9. The molecule has 0 aliphatic rings. The summed E-state index contributed by atoms with van der Waals surface area (Å²) >= 11 is 0. The Morgan fingerprint density at radius 1 is 1.33 bits per heavy atom. The molecule has 18 heavy (non-hydrogen) atoms. The highest BCUT2D eigenvalue weighted by atomic mass is 16.5. The number of phenolic OH excluding ortho intramolecular Hbond substituents is 1. The summed E-state index contributed by atoms with van der Waals surface area (Å²) in [5.41, 5.74) is 0.861. The van der Waals surface area contributed by atoms with Crippen LogP contribution in [0.1, 0.15) is 19.4 Å². The number of rotatable bonds is 8. The van der Waals surface area contributed by atoms with Crippen LogP contribution in [0.4, 0.5) is 0 Å². The highest BCUT2D eigenvalue weighted by molar-refractivity contribution is 5.39. The zero-order chi connectivity index (χ0) is 13.4. The van der Waals surface area contributed by atoms with Gasteiger partial charge in [-0.3, -0.25) is 0 Å². The molecular weight excluding hydrogens is 230 g/mol. The quantitative estimate of drug-likeness (QED) is 0.697. The highest BCUT2D eigenvalue weighted by Crippen LogP contribution is 2.22. The molecule has 0 saturated heterocycles. The van der Waals surface area contributed by atoms with Crippen molar-refractivity contribution in [1.82, 2.24) is 5.32 Å². The topological polar surface area (TPSA) is 50.7 Å². The Labute approximate surface area is 109 Å². The van der Waals surface area contributed by atoms with Gasteiger partial charge in [-0.2, -0.15) is 0 Å². The molecule has 102 valence electrons. The number of hydrogen-bond acceptors (Lipinski definition) is 4. The number of aromatic hydroxyl groups is 1. The molecule has 0 aliphatic carbocycles. The third-order valence-electron chi connectivity index (χ3n) is 2.48. The van der Waals surface area contributed by atoms with E-state index in [4.69, 9.17) is 9.47 Å². The molecule has 4 nitrogen and oxygen atoms in total. The Hall–Kier alpha value is -1.26. The van der Waals surface area contributed by atoms with Crippen molar-refractivity contribution >= 4 is 0 Å². The second kappa shape index (κ2) is 7.95. The molecule has 0 amide bonds. The number of phenols is 1. The van der Waals surface area contributed by atoms with Gasteiger partial charge in [-0.1, -0.05) is 19.9 Å². The fraction of sp³-hybridized carbons (Fsp3) is 0.571. The molecular formula is C14H23NO3. The van der Waals surface area contributed by atoms with E-state index in [0.717, 1.165) is 18.7 Å². The Bertz CT molecular complexity index is 353. The Kier molecular flexibility index (Phi) is 6.54. The third-order valence-corrected chi connectivity index (χ3v) is 2.48. The highest BCUT2D eigenvalue weighted by Gasteiger charge is 2.02. The van der Waals surface area contributed by atoms with Crippen LogP contribution in [0.3, 0.4) is 0 Å². The zero-order valence-corrected chi connectivity index (χ0v) is 11.4. The number of benzene rings is 1. The van der Waals surface area contributed by atoms with E-state index in [1.165, 1.54) is 0 Å². The summed E-state index contributed by atoms with van der Waals surface area (Å²) in [7, 11) is 1.58. The first-order valence-corrected chi connectivity index (χ1v) is 6.27. The lowest BCUT2D eigenvalue weighted by Crippen LogP contribution is -2.20. The van der Waals surface area contributed by atoms with E-state index in [0.29, 0.717) is 24.8 Å². The van der Waals surface area contributed by atoms with E-state index in [1.807, 2.05) is 12.1 Å². The summed E-state index contributed by atoms with van der Waals surface area (Å²) < 4.78 is 10.5. The zero-order valence-electron chi connectivity index (χ0n) is 11.4. The summed E-state index contributed by atoms with van der Waals surface area (Å²) in [5.74, 6) is 1.48. The second-order valence-corrected chi connectivity index (χ2v) is 4.64. The molecule has 0 bridgehead atoms. The van der Waals surface area contributed by atoms with E-state index < -0.39 is 0 Å². The van der Waals surface area contributed by atoms with Gasteiger partial charge in [0.15, 0.2) is 0 Å². The Morgan fingerprint density at radius 2 is 2.11 bits per heavy atom. The maximum atomic E-state index is 9.75. The molecule has 1 aromatic rings. The largest absolute Gasteiger partial charge is 0.507 e. The van der Waals surface area contributed by atoms with Gasteiger partial charge in [0.05, 0.1) is 13.7 Å². The van der Waals surface area contributed by atoms with Crippen LogP contribution >= 0.6 is 0 Å². The first-order chi connectivity index (χ1) is 8.63. The van der Waals surface area contributed by atoms with Crippen molar-refractivity contribution in [3.63, 3.8) is 0 Å². The number of ether oxygens (including phenoxy) is 2. The first kappa shape index (κ1) is 14.8. The van der Waals surface area contributed by atoms with Crippen molar-refractivity contribution in [2.24, 2.45) is 5.92 Å². The maximum absolute atomic E-state index is 9.75. The van der Waals surface area contributed by atoms with Crippen molar-refractivity contribution < 1.29 is 14.6 Å². The molecule has 0 radical (unpaired) electrons. The Morgan fingerprint density at radius 3 is 2.72 bits per heavy atom. The minimum atomic E-state index is 0.255. The lowest BCUT2D eigenvalue weighted by molar-refractivity contribution is 0.111. The summed E-state index contributed by atoms with van der Waals surface area (Å²) in [6, 6.07) is 5.31. The molecule has 0 fully saturated rings. The summed E-state index contributed by atoms with van der Waals surface area (Å²) in [5, 5.41) is 13.0. The summed E-state index contributed by atoms with van der Waals surface area (Å²) in [6.07, 6.45) is 0. The molecule has 0 unspecified atom stereocenters. The van der Waals surface area contributed by atoms with Crippen LogP contribution in [0, 0.1) is 5.92 Å². The van der Waals surface area contributed by atoms with Gasteiger partial charge in [0, 0.05) is 31.3 Å². The predicted molar refractivity (Wildman–Crippen MR) is 72.0 cm³/mol. The van der Waals surface area contributed by atoms with Gasteiger partial charge in [-0.05, 0) is 12.0 Å². The predicted octanol–water partition coefficient (Wildman–Crippen LogP) is 2.16. The van der Waals surface area contributed by atoms with Gasteiger partial charge in [0.1, 0.15) is 11.5 Å². The molecule has 1 rings (SSSR count). The monoisotopic (exact) mass is 253 g/mol. The van der Waals surface area contributed by atoms with E-state index in [9.17, 15) is 5.11 Å². The molecule has 4 heteroatoms. The van der Waals surface area contributed by atoms with Crippen molar-refractivity contribution in [1.29, 1.82) is 0 Å². The molecule has 0 aliphatic heterocycles. The first-order valence-electron chi connectivity index (χ1n) is 6.27. The average Bonchev–Trinajstić information content (AvgIpc) is 2.34. The van der Waals surface area contributed by atoms with Crippen LogP contribution in [-0.4, -0.2) is 32.0 Å². The number of methoxy groups -OCH3 is 1. The van der Waals surface area contributed by atoms with Crippen molar-refractivity contribution in [2.45, 2.75) is 20.4 Å². The average molecular weight is 253 g/mol. The van der Waals surface area contributed by atoms with Crippen molar-refractivity contribution in [3.05, 3.63) is 23.8 Å². The van der Waals surface area contributed by atoms with E-state index in [2.05, 4.69) is 19.2 Å². The van der Waals surface area contributed by atoms with Crippen LogP contribution in [0.5, 0.6) is 11.5 Å². The standard InChI is InChI=1S/C14H23NO3/c1-11(2)10-18-7-6-15-9-12-4-5-13(17-3)8-14(12)16/h4-5,8,11,15-16H,6-7,9-10H2,1-3H3. The van der Waals surface area contributed by atoms with Crippen molar-refractivity contribution in [3.8, 4) is 11.5 Å². The molecule has 0 atom stereocenters. The minimum absolute atomic E-state index is 0.255. The maximum Gasteiger partial charge on any atom is 0.123 e. The van der Waals surface area contributed by atoms with Gasteiger partial charge >= 0.3 is 0 Å². The van der Waals surface area contributed by atoms with E-state index in [1.54, 1.807) is 13.2 Å². The molecule has 1 aromatic carbocycles. The summed E-state index contributed by atoms with van der Waals surface area (Å²) in [4.78, 5) is 0. The third kappa shape index (κ3) is 5.38. The van der Waals surface area contributed by atoms with Crippen LogP contribution < -0.4 is 10.1 Å². The Balaban J connectivity index is 2.23. The molecule has 2 N–H and O–H groups in total. The van der Waals surface area contributed by atoms with Crippen LogP contribution in [0.2, 0.25) is 0 Å². The lowest BCUT2D eigenvalue weighted by atomic mass is 10.2. The minimum Gasteiger partial charge on any atom is -0.507 e. The number of nitrogens with one attached hydrogen (secondary N) is 1.